The molecule has 0 fully saturated rings. The van der Waals surface area contributed by atoms with E-state index in [4.69, 9.17) is 5.11 Å². The first-order valence-corrected chi connectivity index (χ1v) is 4.83. The Morgan fingerprint density at radius 2 is 1.80 bits per heavy atom. The molecule has 1 aromatic heterocycles. The quantitative estimate of drug-likeness (QED) is 0.866. The van der Waals surface area contributed by atoms with Crippen LogP contribution in [0.3, 0.4) is 0 Å². The number of ether oxygens (including phenoxy) is 1. The van der Waals surface area contributed by atoms with Gasteiger partial charge < -0.3 is 14.3 Å². The minimum atomic E-state index is -5.72. The molecule has 0 atom stereocenters. The van der Waals surface area contributed by atoms with Crippen molar-refractivity contribution in [2.45, 2.75) is 24.9 Å². The third kappa shape index (κ3) is 3.40. The Kier molecular flexibility index (Phi) is 4.32. The fourth-order valence-electron chi connectivity index (χ4n) is 1.36. The highest BCUT2D eigenvalue weighted by Gasteiger charge is 2.60. The summed E-state index contributed by atoms with van der Waals surface area (Å²) in [7, 11) is 1.06. The second-order valence-electron chi connectivity index (χ2n) is 3.58. The van der Waals surface area contributed by atoms with Crippen molar-refractivity contribution in [3.8, 4) is 0 Å². The van der Waals surface area contributed by atoms with Crippen LogP contribution in [0.15, 0.2) is 4.42 Å². The molecule has 114 valence electrons. The number of halogens is 6. The lowest BCUT2D eigenvalue weighted by Crippen LogP contribution is -2.34. The number of nitrogens with zero attached hydrogens (tertiary/aromatic N) is 1. The van der Waals surface area contributed by atoms with Crippen molar-refractivity contribution in [2.75, 3.05) is 7.11 Å². The number of oxazole rings is 1. The maximum Gasteiger partial charge on any atom is 0.409 e. The van der Waals surface area contributed by atoms with Gasteiger partial charge in [0.15, 0.2) is 0 Å². The summed E-state index contributed by atoms with van der Waals surface area (Å²) in [6.07, 6.45) is -11.4. The predicted octanol–water partition coefficient (Wildman–Crippen LogP) is 2.73. The second kappa shape index (κ2) is 5.31. The van der Waals surface area contributed by atoms with Crippen LogP contribution >= 0.6 is 0 Å². The average Bonchev–Trinajstić information content (AvgIpc) is 2.57. The number of methoxy groups -OCH3 is 1. The first-order chi connectivity index (χ1) is 8.98. The molecule has 0 amide bonds. The first-order valence-electron chi connectivity index (χ1n) is 4.83. The van der Waals surface area contributed by atoms with E-state index in [0.29, 0.717) is 0 Å². The third-order valence-corrected chi connectivity index (χ3v) is 2.09. The normalized spacial score (nSPS) is 13.0. The van der Waals surface area contributed by atoms with Gasteiger partial charge in [-0.1, -0.05) is 0 Å². The van der Waals surface area contributed by atoms with Crippen molar-refractivity contribution < 1.29 is 45.4 Å². The van der Waals surface area contributed by atoms with E-state index in [1.54, 1.807) is 0 Å². The Morgan fingerprint density at radius 1 is 1.30 bits per heavy atom. The van der Waals surface area contributed by atoms with Gasteiger partial charge in [0.2, 0.25) is 17.6 Å². The molecule has 0 aromatic carbocycles. The number of alkyl halides is 6. The first kappa shape index (κ1) is 16.3. The number of rotatable bonds is 4. The molecule has 20 heavy (non-hydrogen) atoms. The molecule has 1 heterocycles. The number of carboxylic acids is 1. The number of hydrogen-bond donors (Lipinski definition) is 1. The summed E-state index contributed by atoms with van der Waals surface area (Å²) < 4.78 is 83.1. The number of hydrogen-bond acceptors (Lipinski definition) is 4. The minimum absolute atomic E-state index is 0.604. The van der Waals surface area contributed by atoms with E-state index in [9.17, 15) is 31.1 Å². The van der Waals surface area contributed by atoms with Crippen LogP contribution in [0.4, 0.5) is 26.3 Å². The molecule has 5 nitrogen and oxygen atoms in total. The lowest BCUT2D eigenvalue weighted by Gasteiger charge is -2.19. The maximum absolute atomic E-state index is 12.4. The summed E-state index contributed by atoms with van der Waals surface area (Å²) in [4.78, 5) is 13.6. The Bertz CT molecular complexity index is 478. The van der Waals surface area contributed by atoms with E-state index < -0.39 is 48.2 Å². The van der Waals surface area contributed by atoms with Crippen LogP contribution in [0.1, 0.15) is 28.1 Å². The van der Waals surface area contributed by atoms with Gasteiger partial charge in [0.1, 0.15) is 5.69 Å². The van der Waals surface area contributed by atoms with E-state index in [1.165, 1.54) is 0 Å². The van der Waals surface area contributed by atoms with Crippen LogP contribution < -0.4 is 0 Å². The summed E-state index contributed by atoms with van der Waals surface area (Å²) in [6.45, 7) is -0.604. The van der Waals surface area contributed by atoms with Gasteiger partial charge in [0.05, 0.1) is 6.61 Å². The van der Waals surface area contributed by atoms with Gasteiger partial charge in [-0.25, -0.2) is 9.78 Å². The maximum atomic E-state index is 12.4. The smallest absolute Gasteiger partial charge is 0.409 e. The number of aromatic nitrogens is 1. The van der Waals surface area contributed by atoms with E-state index in [1.807, 2.05) is 0 Å². The van der Waals surface area contributed by atoms with Crippen molar-refractivity contribution in [1.29, 1.82) is 0 Å². The van der Waals surface area contributed by atoms with E-state index in [-0.39, 0.29) is 0 Å². The summed E-state index contributed by atoms with van der Waals surface area (Å²) in [5.41, 5.74) is -0.659. The Labute approximate surface area is 107 Å². The summed E-state index contributed by atoms with van der Waals surface area (Å²) >= 11 is 0. The third-order valence-electron chi connectivity index (χ3n) is 2.09. The van der Waals surface area contributed by atoms with E-state index in [0.717, 1.165) is 7.11 Å². The van der Waals surface area contributed by atoms with Crippen LogP contribution in [0.2, 0.25) is 0 Å². The SMILES string of the molecule is COCc1nc(C(C(F)(F)F)C(F)(F)F)oc1C(=O)O. The molecule has 0 aliphatic carbocycles. The molecular formula is C9H7F6NO4. The molecule has 1 N–H and O–H groups in total. The van der Waals surface area contributed by atoms with Crippen LogP contribution in [-0.2, 0) is 11.3 Å². The monoisotopic (exact) mass is 307 g/mol. The molecule has 0 radical (unpaired) electrons. The summed E-state index contributed by atoms with van der Waals surface area (Å²) in [6, 6.07) is 0. The molecule has 0 aliphatic rings. The van der Waals surface area contributed by atoms with Crippen molar-refractivity contribution >= 4 is 5.97 Å². The average molecular weight is 307 g/mol. The number of carbonyl (C=O) groups is 1. The van der Waals surface area contributed by atoms with Crippen LogP contribution in [0.5, 0.6) is 0 Å². The molecule has 0 saturated heterocycles. The topological polar surface area (TPSA) is 72.6 Å². The van der Waals surface area contributed by atoms with Gasteiger partial charge >= 0.3 is 18.3 Å². The van der Waals surface area contributed by atoms with Gasteiger partial charge in [-0.3, -0.25) is 0 Å². The molecule has 11 heteroatoms. The fourth-order valence-corrected chi connectivity index (χ4v) is 1.36. The van der Waals surface area contributed by atoms with Crippen molar-refractivity contribution in [2.24, 2.45) is 0 Å². The number of aromatic carboxylic acids is 1. The number of carboxylic acid groups (broad SMARTS) is 1. The lowest BCUT2D eigenvalue weighted by atomic mass is 10.1. The van der Waals surface area contributed by atoms with Crippen molar-refractivity contribution in [3.63, 3.8) is 0 Å². The highest BCUT2D eigenvalue weighted by Crippen LogP contribution is 2.46. The molecule has 1 aromatic rings. The minimum Gasteiger partial charge on any atom is -0.475 e. The lowest BCUT2D eigenvalue weighted by molar-refractivity contribution is -0.258. The van der Waals surface area contributed by atoms with Gasteiger partial charge in [-0.2, -0.15) is 26.3 Å². The molecule has 1 rings (SSSR count). The highest BCUT2D eigenvalue weighted by molar-refractivity contribution is 5.85. The Hall–Kier alpha value is -1.78. The Balaban J connectivity index is 3.36. The van der Waals surface area contributed by atoms with Crippen LogP contribution in [-0.4, -0.2) is 35.5 Å². The summed E-state index contributed by atoms with van der Waals surface area (Å²) in [5.74, 6) is -8.76. The van der Waals surface area contributed by atoms with E-state index in [2.05, 4.69) is 14.1 Å². The molecule has 0 spiro atoms. The molecule has 0 saturated carbocycles. The fraction of sp³-hybridized carbons (Fsp3) is 0.556. The molecular weight excluding hydrogens is 300 g/mol. The van der Waals surface area contributed by atoms with E-state index >= 15 is 0 Å². The van der Waals surface area contributed by atoms with Gasteiger partial charge in [0, 0.05) is 7.11 Å². The zero-order chi connectivity index (χ0) is 15.7. The van der Waals surface area contributed by atoms with Gasteiger partial charge in [-0.05, 0) is 0 Å². The van der Waals surface area contributed by atoms with Crippen molar-refractivity contribution in [3.05, 3.63) is 17.3 Å². The standard InChI is InChI=1S/C9H7F6NO4/c1-19-2-3-4(7(17)18)20-6(16-3)5(8(10,11)12)9(13,14)15/h5H,2H2,1H3,(H,17,18). The van der Waals surface area contributed by atoms with Gasteiger partial charge in [-0.15, -0.1) is 0 Å². The largest absolute Gasteiger partial charge is 0.475 e. The Morgan fingerprint density at radius 3 is 2.15 bits per heavy atom. The zero-order valence-corrected chi connectivity index (χ0v) is 9.67. The molecule has 0 aliphatic heterocycles. The molecule has 0 unspecified atom stereocenters. The molecule has 0 bridgehead atoms. The van der Waals surface area contributed by atoms with Crippen LogP contribution in [0.25, 0.3) is 0 Å². The van der Waals surface area contributed by atoms with Crippen molar-refractivity contribution in [1.82, 2.24) is 4.98 Å². The van der Waals surface area contributed by atoms with Crippen LogP contribution in [0, 0.1) is 0 Å². The predicted molar refractivity (Wildman–Crippen MR) is 49.0 cm³/mol. The zero-order valence-electron chi connectivity index (χ0n) is 9.67. The second-order valence-corrected chi connectivity index (χ2v) is 3.58. The summed E-state index contributed by atoms with van der Waals surface area (Å²) in [5, 5.41) is 8.64. The van der Waals surface area contributed by atoms with Gasteiger partial charge in [0.25, 0.3) is 0 Å². The highest BCUT2D eigenvalue weighted by atomic mass is 19.4.